The maximum Gasteiger partial charge on any atom is 0.229 e. The molecule has 1 saturated heterocycles. The molecule has 5 nitrogen and oxygen atoms in total. The molecule has 14 heavy (non-hydrogen) atoms. The number of nitrogens with zero attached hydrogens (tertiary/aromatic N) is 2. The normalized spacial score (nSPS) is 21.6. The quantitative estimate of drug-likeness (QED) is 0.641. The van der Waals surface area contributed by atoms with Crippen LogP contribution in [0.1, 0.15) is 6.42 Å². The summed E-state index contributed by atoms with van der Waals surface area (Å²) < 4.78 is 0. The number of nitrogen functional groups attached to an aromatic ring is 1. The van der Waals surface area contributed by atoms with E-state index in [2.05, 4.69) is 4.98 Å². The summed E-state index contributed by atoms with van der Waals surface area (Å²) >= 11 is 0. The Morgan fingerprint density at radius 3 is 2.79 bits per heavy atom. The number of rotatable bonds is 1. The van der Waals surface area contributed by atoms with Crippen molar-refractivity contribution < 1.29 is 4.79 Å². The maximum atomic E-state index is 11.4. The van der Waals surface area contributed by atoms with Crippen LogP contribution in [0, 0.1) is 0 Å². The largest absolute Gasteiger partial charge is 0.397 e. The first-order chi connectivity index (χ1) is 6.66. The zero-order chi connectivity index (χ0) is 10.1. The van der Waals surface area contributed by atoms with Gasteiger partial charge in [-0.25, -0.2) is 4.98 Å². The molecule has 2 heterocycles. The van der Waals surface area contributed by atoms with Crippen LogP contribution in [0.3, 0.4) is 0 Å². The minimum atomic E-state index is -0.0816. The average molecular weight is 192 g/mol. The molecule has 1 aromatic rings. The van der Waals surface area contributed by atoms with Crippen molar-refractivity contribution in [3.8, 4) is 0 Å². The van der Waals surface area contributed by atoms with Gasteiger partial charge in [0.25, 0.3) is 0 Å². The molecule has 4 N–H and O–H groups in total. The Balaban J connectivity index is 2.23. The summed E-state index contributed by atoms with van der Waals surface area (Å²) in [4.78, 5) is 17.1. The van der Waals surface area contributed by atoms with Crippen molar-refractivity contribution in [3.05, 3.63) is 18.3 Å². The number of hydrogen-bond donors (Lipinski definition) is 2. The maximum absolute atomic E-state index is 11.4. The number of amides is 1. The lowest BCUT2D eigenvalue weighted by Crippen LogP contribution is -2.28. The van der Waals surface area contributed by atoms with Crippen LogP contribution >= 0.6 is 0 Å². The van der Waals surface area contributed by atoms with Gasteiger partial charge in [-0.15, -0.1) is 0 Å². The minimum absolute atomic E-state index is 0.0229. The van der Waals surface area contributed by atoms with Gasteiger partial charge in [0.05, 0.1) is 11.9 Å². The van der Waals surface area contributed by atoms with Crippen molar-refractivity contribution in [3.63, 3.8) is 0 Å². The van der Waals surface area contributed by atoms with Crippen LogP contribution in [-0.2, 0) is 4.79 Å². The van der Waals surface area contributed by atoms with Crippen LogP contribution < -0.4 is 16.4 Å². The third kappa shape index (κ3) is 1.54. The van der Waals surface area contributed by atoms with Gasteiger partial charge in [0.15, 0.2) is 0 Å². The zero-order valence-electron chi connectivity index (χ0n) is 7.68. The molecule has 0 saturated carbocycles. The zero-order valence-corrected chi connectivity index (χ0v) is 7.68. The van der Waals surface area contributed by atoms with Gasteiger partial charge in [-0.2, -0.15) is 0 Å². The molecular weight excluding hydrogens is 180 g/mol. The van der Waals surface area contributed by atoms with E-state index in [0.717, 1.165) is 0 Å². The Bertz CT molecular complexity index is 348. The summed E-state index contributed by atoms with van der Waals surface area (Å²) in [6.45, 7) is 0.537. The number of anilines is 2. The van der Waals surface area contributed by atoms with E-state index in [1.54, 1.807) is 17.0 Å². The van der Waals surface area contributed by atoms with Crippen LogP contribution in [0.5, 0.6) is 0 Å². The molecule has 0 radical (unpaired) electrons. The average Bonchev–Trinajstić information content (AvgIpc) is 2.47. The topological polar surface area (TPSA) is 85.2 Å². The predicted molar refractivity (Wildman–Crippen MR) is 53.6 cm³/mol. The Morgan fingerprint density at radius 1 is 1.50 bits per heavy atom. The molecule has 2 rings (SSSR count). The van der Waals surface area contributed by atoms with Gasteiger partial charge < -0.3 is 11.5 Å². The number of nitrogens with two attached hydrogens (primary N) is 2. The van der Waals surface area contributed by atoms with Crippen LogP contribution in [0.4, 0.5) is 11.5 Å². The van der Waals surface area contributed by atoms with Crippen LogP contribution in [0.15, 0.2) is 18.3 Å². The van der Waals surface area contributed by atoms with Crippen LogP contribution in [0.25, 0.3) is 0 Å². The lowest BCUT2D eigenvalue weighted by Gasteiger charge is -2.14. The standard InChI is InChI=1S/C9H12N4O/c10-6-1-2-8(12-4-6)13-5-7(11)3-9(13)14/h1-2,4,7H,3,5,10-11H2. The van der Waals surface area contributed by atoms with Crippen LogP contribution in [-0.4, -0.2) is 23.5 Å². The fourth-order valence-corrected chi connectivity index (χ4v) is 1.51. The fourth-order valence-electron chi connectivity index (χ4n) is 1.51. The highest BCUT2D eigenvalue weighted by atomic mass is 16.2. The van der Waals surface area contributed by atoms with E-state index in [9.17, 15) is 4.79 Å². The monoisotopic (exact) mass is 192 g/mol. The Morgan fingerprint density at radius 2 is 2.29 bits per heavy atom. The third-order valence-electron chi connectivity index (χ3n) is 2.20. The fraction of sp³-hybridized carbons (Fsp3) is 0.333. The molecule has 1 amide bonds. The molecule has 1 aliphatic rings. The summed E-state index contributed by atoms with van der Waals surface area (Å²) in [6.07, 6.45) is 1.93. The second-order valence-electron chi connectivity index (χ2n) is 3.42. The number of hydrogen-bond acceptors (Lipinski definition) is 4. The van der Waals surface area contributed by atoms with E-state index in [1.165, 1.54) is 6.20 Å². The van der Waals surface area contributed by atoms with Crippen molar-refractivity contribution in [1.29, 1.82) is 0 Å². The van der Waals surface area contributed by atoms with Crippen molar-refractivity contribution in [2.75, 3.05) is 17.2 Å². The molecule has 0 spiro atoms. The molecule has 5 heteroatoms. The lowest BCUT2D eigenvalue weighted by atomic mass is 10.3. The first kappa shape index (κ1) is 8.96. The molecule has 1 unspecified atom stereocenters. The number of carbonyl (C=O) groups excluding carboxylic acids is 1. The van der Waals surface area contributed by atoms with E-state index in [1.807, 2.05) is 0 Å². The summed E-state index contributed by atoms with van der Waals surface area (Å²) in [5, 5.41) is 0. The Kier molecular flexibility index (Phi) is 2.09. The van der Waals surface area contributed by atoms with Gasteiger partial charge in [0.1, 0.15) is 5.82 Å². The van der Waals surface area contributed by atoms with Gasteiger partial charge >= 0.3 is 0 Å². The van der Waals surface area contributed by atoms with Gasteiger partial charge in [0, 0.05) is 19.0 Å². The van der Waals surface area contributed by atoms with E-state index < -0.39 is 0 Å². The third-order valence-corrected chi connectivity index (χ3v) is 2.20. The number of carbonyl (C=O) groups is 1. The predicted octanol–water partition coefficient (Wildman–Crippen LogP) is -0.272. The molecule has 1 aliphatic heterocycles. The first-order valence-corrected chi connectivity index (χ1v) is 4.44. The second-order valence-corrected chi connectivity index (χ2v) is 3.42. The van der Waals surface area contributed by atoms with Gasteiger partial charge in [-0.3, -0.25) is 9.69 Å². The minimum Gasteiger partial charge on any atom is -0.397 e. The van der Waals surface area contributed by atoms with Gasteiger partial charge in [0.2, 0.25) is 5.91 Å². The summed E-state index contributed by atoms with van der Waals surface area (Å²) in [5.74, 6) is 0.645. The molecule has 0 aromatic carbocycles. The molecule has 1 aromatic heterocycles. The van der Waals surface area contributed by atoms with Gasteiger partial charge in [-0.1, -0.05) is 0 Å². The van der Waals surface area contributed by atoms with Crippen molar-refractivity contribution in [1.82, 2.24) is 4.98 Å². The number of pyridine rings is 1. The van der Waals surface area contributed by atoms with Crippen molar-refractivity contribution >= 4 is 17.4 Å². The highest BCUT2D eigenvalue weighted by Gasteiger charge is 2.28. The summed E-state index contributed by atoms with van der Waals surface area (Å²) in [6, 6.07) is 3.37. The Hall–Kier alpha value is -1.62. The van der Waals surface area contributed by atoms with Crippen molar-refractivity contribution in [2.24, 2.45) is 5.73 Å². The number of aromatic nitrogens is 1. The molecule has 0 bridgehead atoms. The molecule has 1 atom stereocenters. The molecule has 0 aliphatic carbocycles. The van der Waals surface area contributed by atoms with E-state index in [0.29, 0.717) is 24.5 Å². The SMILES string of the molecule is Nc1ccc(N2CC(N)CC2=O)nc1. The molecule has 74 valence electrons. The molecule has 1 fully saturated rings. The van der Waals surface area contributed by atoms with Crippen LogP contribution in [0.2, 0.25) is 0 Å². The highest BCUT2D eigenvalue weighted by molar-refractivity contribution is 5.95. The molecular formula is C9H12N4O. The van der Waals surface area contributed by atoms with E-state index in [-0.39, 0.29) is 11.9 Å². The van der Waals surface area contributed by atoms with Gasteiger partial charge in [-0.05, 0) is 12.1 Å². The first-order valence-electron chi connectivity index (χ1n) is 4.44. The van der Waals surface area contributed by atoms with Crippen molar-refractivity contribution in [2.45, 2.75) is 12.5 Å². The smallest absolute Gasteiger partial charge is 0.229 e. The summed E-state index contributed by atoms with van der Waals surface area (Å²) in [7, 11) is 0. The second kappa shape index (κ2) is 3.26. The lowest BCUT2D eigenvalue weighted by molar-refractivity contribution is -0.117. The summed E-state index contributed by atoms with van der Waals surface area (Å²) in [5.41, 5.74) is 11.8. The van der Waals surface area contributed by atoms with E-state index >= 15 is 0 Å². The van der Waals surface area contributed by atoms with E-state index in [4.69, 9.17) is 11.5 Å². The highest BCUT2D eigenvalue weighted by Crippen LogP contribution is 2.18. The Labute approximate surface area is 81.7 Å².